The number of fused-ring (bicyclic) bond motifs is 1. The van der Waals surface area contributed by atoms with Crippen LogP contribution in [0.5, 0.6) is 0 Å². The molecule has 2 amide bonds. The number of rotatable bonds is 8. The van der Waals surface area contributed by atoms with Gasteiger partial charge in [0.2, 0.25) is 11.5 Å². The Bertz CT molecular complexity index is 1240. The highest BCUT2D eigenvalue weighted by atomic mass is 32.2. The van der Waals surface area contributed by atoms with E-state index in [2.05, 4.69) is 19.8 Å². The first-order valence-corrected chi connectivity index (χ1v) is 13.2. The normalized spacial score (nSPS) is 22.0. The number of nitrogens with zero attached hydrogens (tertiary/aromatic N) is 5. The molecular weight excluding hydrogens is 506 g/mol. The van der Waals surface area contributed by atoms with E-state index in [1.165, 1.54) is 23.9 Å². The molecular formula is C22H23N7O5S2. The van der Waals surface area contributed by atoms with Crippen LogP contribution in [0.3, 0.4) is 0 Å². The van der Waals surface area contributed by atoms with Crippen LogP contribution in [0, 0.1) is 0 Å². The summed E-state index contributed by atoms with van der Waals surface area (Å²) in [5.41, 5.74) is 6.67. The molecule has 36 heavy (non-hydrogen) atoms. The average Bonchev–Trinajstić information content (AvgIpc) is 3.55. The summed E-state index contributed by atoms with van der Waals surface area (Å²) < 4.78 is 5.91. The van der Waals surface area contributed by atoms with Crippen molar-refractivity contribution >= 4 is 51.9 Å². The fourth-order valence-corrected chi connectivity index (χ4v) is 5.91. The summed E-state index contributed by atoms with van der Waals surface area (Å²) in [5.74, 6) is -1.35. The quantitative estimate of drug-likeness (QED) is 0.197. The van der Waals surface area contributed by atoms with Gasteiger partial charge < -0.3 is 30.7 Å². The van der Waals surface area contributed by atoms with Crippen molar-refractivity contribution in [3.63, 3.8) is 0 Å². The van der Waals surface area contributed by atoms with Crippen LogP contribution >= 0.6 is 23.3 Å². The summed E-state index contributed by atoms with van der Waals surface area (Å²) in [6.07, 6.45) is 8.86. The second kappa shape index (κ2) is 10.2. The Morgan fingerprint density at radius 1 is 1.31 bits per heavy atom. The molecule has 2 aliphatic heterocycles. The van der Waals surface area contributed by atoms with E-state index in [0.29, 0.717) is 12.3 Å². The Labute approximate surface area is 214 Å². The number of nitrogens with one attached hydrogen (secondary N) is 1. The number of aromatic carboxylic acids is 1. The predicted molar refractivity (Wildman–Crippen MR) is 128 cm³/mol. The van der Waals surface area contributed by atoms with E-state index in [-0.39, 0.29) is 39.6 Å². The van der Waals surface area contributed by atoms with E-state index in [1.54, 1.807) is 23.5 Å². The maximum Gasteiger partial charge on any atom is 0.278 e. The number of nitrogens with two attached hydrogens (primary N) is 1. The number of carboxylic acids is 1. The van der Waals surface area contributed by atoms with Gasteiger partial charge in [-0.3, -0.25) is 9.59 Å². The van der Waals surface area contributed by atoms with Gasteiger partial charge in [-0.1, -0.05) is 5.16 Å². The molecule has 2 fully saturated rings. The minimum atomic E-state index is -1.23. The summed E-state index contributed by atoms with van der Waals surface area (Å²) in [4.78, 5) is 48.1. The third kappa shape index (κ3) is 5.04. The number of nitrogen functional groups attached to an aromatic ring is 1. The molecule has 1 aliphatic carbocycles. The molecule has 14 heteroatoms. The lowest BCUT2D eigenvalue weighted by Crippen LogP contribution is -2.69. The van der Waals surface area contributed by atoms with Crippen molar-refractivity contribution in [1.29, 1.82) is 0 Å². The molecule has 12 nitrogen and oxygen atoms in total. The average molecular weight is 530 g/mol. The molecule has 2 aromatic heterocycles. The van der Waals surface area contributed by atoms with E-state index in [1.807, 2.05) is 4.57 Å². The Kier molecular flexibility index (Phi) is 6.87. The van der Waals surface area contributed by atoms with Crippen LogP contribution in [0.1, 0.15) is 41.9 Å². The van der Waals surface area contributed by atoms with Crippen molar-refractivity contribution in [3.8, 4) is 0 Å². The van der Waals surface area contributed by atoms with Crippen molar-refractivity contribution in [2.24, 2.45) is 5.16 Å². The van der Waals surface area contributed by atoms with Crippen LogP contribution in [0.15, 0.2) is 41.5 Å². The Hall–Kier alpha value is -3.52. The van der Waals surface area contributed by atoms with E-state index in [9.17, 15) is 19.5 Å². The standard InChI is InChI=1S/C22H23N7O5S2/c23-22-25-17(27-36-22)15(26-34-14-3-1-2-4-14)18(30)24-16-19(31)29-10-12(11-35-20(16)29)9-28-7-5-13(6-8-28)21(32)33/h5-8,10,14,16,20H,1-4,9,11H2,(H3-,23,24,25,27,30,32,33)/b26-15-/t16?,20-/m1/s1. The van der Waals surface area contributed by atoms with E-state index < -0.39 is 17.9 Å². The zero-order valence-electron chi connectivity index (χ0n) is 19.0. The largest absolute Gasteiger partial charge is 0.545 e. The topological polar surface area (TPSA) is 167 Å². The van der Waals surface area contributed by atoms with Gasteiger partial charge in [-0.15, -0.1) is 11.8 Å². The third-order valence-electron chi connectivity index (χ3n) is 6.10. The molecule has 0 aromatic carbocycles. The molecule has 3 aliphatic rings. The van der Waals surface area contributed by atoms with Gasteiger partial charge in [0.1, 0.15) is 17.5 Å². The Morgan fingerprint density at radius 3 is 2.72 bits per heavy atom. The summed E-state index contributed by atoms with van der Waals surface area (Å²) in [6.45, 7) is 0.500. The van der Waals surface area contributed by atoms with Gasteiger partial charge in [0.15, 0.2) is 24.1 Å². The number of aromatic nitrogens is 3. The van der Waals surface area contributed by atoms with E-state index >= 15 is 0 Å². The first-order chi connectivity index (χ1) is 17.4. The first kappa shape index (κ1) is 24.2. The highest BCUT2D eigenvalue weighted by Gasteiger charge is 2.50. The Morgan fingerprint density at radius 2 is 2.06 bits per heavy atom. The SMILES string of the molecule is Nc1nc(/C(=N/OC2CCCC2)C(=O)NC2C(=O)N3C=C(C[n+]4ccc(C(=O)[O-])cc4)CS[C@H]23)ns1. The molecule has 0 bridgehead atoms. The Balaban J connectivity index is 1.23. The molecule has 0 spiro atoms. The third-order valence-corrected chi connectivity index (χ3v) is 8.02. The molecule has 188 valence electrons. The van der Waals surface area contributed by atoms with E-state index in [4.69, 9.17) is 10.6 Å². The van der Waals surface area contributed by atoms with Gasteiger partial charge in [0.05, 0.1) is 5.97 Å². The van der Waals surface area contributed by atoms with Crippen LogP contribution < -0.4 is 20.7 Å². The molecule has 0 radical (unpaired) electrons. The number of hydrogen-bond acceptors (Lipinski definition) is 11. The highest BCUT2D eigenvalue weighted by molar-refractivity contribution is 8.00. The maximum atomic E-state index is 13.1. The van der Waals surface area contributed by atoms with Crippen molar-refractivity contribution in [2.75, 3.05) is 11.5 Å². The number of anilines is 1. The number of amides is 2. The van der Waals surface area contributed by atoms with Crippen molar-refractivity contribution in [3.05, 3.63) is 47.7 Å². The minimum absolute atomic E-state index is 0.0584. The summed E-state index contributed by atoms with van der Waals surface area (Å²) in [6, 6.07) is 2.22. The fraction of sp³-hybridized carbons (Fsp3) is 0.409. The monoisotopic (exact) mass is 529 g/mol. The fourth-order valence-electron chi connectivity index (χ4n) is 4.23. The van der Waals surface area contributed by atoms with Crippen LogP contribution in [0.25, 0.3) is 0 Å². The zero-order valence-corrected chi connectivity index (χ0v) is 20.7. The molecule has 1 saturated carbocycles. The van der Waals surface area contributed by atoms with E-state index in [0.717, 1.165) is 42.8 Å². The minimum Gasteiger partial charge on any atom is -0.545 e. The van der Waals surface area contributed by atoms with Gasteiger partial charge in [-0.2, -0.15) is 9.36 Å². The lowest BCUT2D eigenvalue weighted by molar-refractivity contribution is -0.689. The number of thioether (sulfide) groups is 1. The summed E-state index contributed by atoms with van der Waals surface area (Å²) >= 11 is 2.48. The molecule has 5 rings (SSSR count). The van der Waals surface area contributed by atoms with Crippen LogP contribution in [-0.2, 0) is 21.0 Å². The smallest absolute Gasteiger partial charge is 0.278 e. The van der Waals surface area contributed by atoms with Gasteiger partial charge in [0, 0.05) is 46.8 Å². The van der Waals surface area contributed by atoms with Crippen LogP contribution in [0.2, 0.25) is 0 Å². The highest BCUT2D eigenvalue weighted by Crippen LogP contribution is 2.36. The van der Waals surface area contributed by atoms with Crippen LogP contribution in [0.4, 0.5) is 5.13 Å². The number of hydrogen-bond donors (Lipinski definition) is 2. The lowest BCUT2D eigenvalue weighted by Gasteiger charge is -2.47. The second-order valence-electron chi connectivity index (χ2n) is 8.64. The van der Waals surface area contributed by atoms with Crippen molar-refractivity contribution < 1.29 is 28.9 Å². The van der Waals surface area contributed by atoms with Gasteiger partial charge in [-0.25, -0.2) is 4.57 Å². The van der Waals surface area contributed by atoms with Gasteiger partial charge in [0.25, 0.3) is 11.8 Å². The molecule has 1 unspecified atom stereocenters. The molecule has 1 saturated heterocycles. The van der Waals surface area contributed by atoms with Gasteiger partial charge >= 0.3 is 0 Å². The molecule has 2 atom stereocenters. The number of carboxylic acid groups (broad SMARTS) is 1. The number of β-lactam (4-membered cyclic amide) rings is 1. The number of oxime groups is 1. The van der Waals surface area contributed by atoms with Gasteiger partial charge in [-0.05, 0) is 25.7 Å². The zero-order chi connectivity index (χ0) is 25.2. The van der Waals surface area contributed by atoms with Crippen molar-refractivity contribution in [2.45, 2.75) is 49.7 Å². The first-order valence-electron chi connectivity index (χ1n) is 11.4. The summed E-state index contributed by atoms with van der Waals surface area (Å²) in [5, 5.41) is 17.7. The number of pyridine rings is 1. The predicted octanol–water partition coefficient (Wildman–Crippen LogP) is -0.581. The number of carbonyl (C=O) groups is 3. The summed E-state index contributed by atoms with van der Waals surface area (Å²) in [7, 11) is 0. The van der Waals surface area contributed by atoms with Crippen molar-refractivity contribution in [1.82, 2.24) is 19.6 Å². The lowest BCUT2D eigenvalue weighted by atomic mass is 10.1. The molecule has 3 N–H and O–H groups in total. The second-order valence-corrected chi connectivity index (χ2v) is 10.5. The molecule has 2 aromatic rings. The molecule has 4 heterocycles. The maximum absolute atomic E-state index is 13.1. The van der Waals surface area contributed by atoms with Crippen LogP contribution in [-0.4, -0.2) is 61.0 Å². The number of carbonyl (C=O) groups excluding carboxylic acids is 3.